The van der Waals surface area contributed by atoms with Gasteiger partial charge in [-0.2, -0.15) is 4.98 Å². The molecule has 23 heavy (non-hydrogen) atoms. The van der Waals surface area contributed by atoms with Crippen molar-refractivity contribution in [2.75, 3.05) is 18.4 Å². The van der Waals surface area contributed by atoms with Crippen molar-refractivity contribution < 1.29 is 0 Å². The number of benzene rings is 1. The van der Waals surface area contributed by atoms with Crippen molar-refractivity contribution in [2.24, 2.45) is 5.73 Å². The first-order valence-corrected chi connectivity index (χ1v) is 8.01. The highest BCUT2D eigenvalue weighted by molar-refractivity contribution is 7.80. The maximum Gasteiger partial charge on any atom is 0.354 e. The van der Waals surface area contributed by atoms with E-state index < -0.39 is 0 Å². The Kier molecular flexibility index (Phi) is 4.80. The smallest absolute Gasteiger partial charge is 0.334 e. The average Bonchev–Trinajstić information content (AvgIpc) is 2.90. The summed E-state index contributed by atoms with van der Waals surface area (Å²) in [6, 6.07) is 7.87. The van der Waals surface area contributed by atoms with E-state index in [4.69, 9.17) is 18.0 Å². The lowest BCUT2D eigenvalue weighted by atomic mass is 10.2. The van der Waals surface area contributed by atoms with Gasteiger partial charge in [-0.15, -0.1) is 0 Å². The van der Waals surface area contributed by atoms with E-state index in [-0.39, 0.29) is 5.69 Å². The molecule has 0 amide bonds. The van der Waals surface area contributed by atoms with Crippen LogP contribution >= 0.6 is 12.2 Å². The third-order valence-electron chi connectivity index (χ3n) is 3.71. The van der Waals surface area contributed by atoms with Crippen LogP contribution in [0.5, 0.6) is 0 Å². The maximum absolute atomic E-state index is 12.2. The molecule has 0 fully saturated rings. The molecule has 0 spiro atoms. The van der Waals surface area contributed by atoms with Crippen molar-refractivity contribution >= 4 is 23.0 Å². The van der Waals surface area contributed by atoms with Crippen LogP contribution in [-0.2, 0) is 13.0 Å². The van der Waals surface area contributed by atoms with Gasteiger partial charge in [0.05, 0.1) is 10.7 Å². The van der Waals surface area contributed by atoms with Crippen molar-refractivity contribution in [3.63, 3.8) is 0 Å². The lowest BCUT2D eigenvalue weighted by molar-refractivity contribution is 0.655. The van der Waals surface area contributed by atoms with Crippen molar-refractivity contribution in [3.8, 4) is 5.69 Å². The van der Waals surface area contributed by atoms with Gasteiger partial charge >= 0.3 is 5.69 Å². The zero-order valence-electron chi connectivity index (χ0n) is 12.7. The second kappa shape index (κ2) is 6.99. The molecule has 2 aromatic rings. The molecule has 0 saturated heterocycles. The van der Waals surface area contributed by atoms with Gasteiger partial charge in [0.1, 0.15) is 5.82 Å². The van der Waals surface area contributed by atoms with Gasteiger partial charge in [-0.25, -0.2) is 4.79 Å². The van der Waals surface area contributed by atoms with Crippen LogP contribution in [0.1, 0.15) is 17.5 Å². The minimum atomic E-state index is -0.310. The summed E-state index contributed by atoms with van der Waals surface area (Å²) in [7, 11) is 0. The van der Waals surface area contributed by atoms with Crippen LogP contribution in [0.15, 0.2) is 35.3 Å². The van der Waals surface area contributed by atoms with Crippen LogP contribution in [0.3, 0.4) is 0 Å². The van der Waals surface area contributed by atoms with Gasteiger partial charge < -0.3 is 16.4 Å². The van der Waals surface area contributed by atoms with Crippen LogP contribution < -0.4 is 22.1 Å². The van der Waals surface area contributed by atoms with Crippen LogP contribution in [0.4, 0.5) is 5.82 Å². The van der Waals surface area contributed by atoms with E-state index in [1.54, 1.807) is 4.57 Å². The highest BCUT2D eigenvalue weighted by Crippen LogP contribution is 2.20. The van der Waals surface area contributed by atoms with Gasteiger partial charge in [-0.05, 0) is 37.2 Å². The highest BCUT2D eigenvalue weighted by Gasteiger charge is 2.18. The molecule has 0 aliphatic carbocycles. The molecule has 1 aromatic carbocycles. The molecule has 1 aliphatic rings. The molecule has 2 heterocycles. The number of nitrogens with two attached hydrogens (primary N) is 1. The molecule has 7 heteroatoms. The number of thiocarbonyl (C=S) groups is 1. The minimum absolute atomic E-state index is 0.310. The Hall–Kier alpha value is -2.09. The standard InChI is InChI=1S/C16H19N5OS/c17-6-1-7-18-9-11-2-4-13(5-3-11)21-10-12-8-14(23)19-15(12)20-16(21)22/h2-5,10,18H,1,6-9,17H2,(H,19,20,22,23). The second-order valence-electron chi connectivity index (χ2n) is 5.48. The molecule has 1 aliphatic heterocycles. The SMILES string of the molecule is NCCCNCc1ccc(-n2cc3c(nc2=O)NC(=S)C3)cc1. The molecule has 3 rings (SSSR count). The largest absolute Gasteiger partial charge is 0.354 e. The summed E-state index contributed by atoms with van der Waals surface area (Å²) in [6.45, 7) is 2.38. The maximum atomic E-state index is 12.2. The Balaban J connectivity index is 1.76. The Labute approximate surface area is 139 Å². The van der Waals surface area contributed by atoms with Crippen LogP contribution in [0, 0.1) is 0 Å². The lowest BCUT2D eigenvalue weighted by Crippen LogP contribution is -2.22. The van der Waals surface area contributed by atoms with E-state index in [2.05, 4.69) is 15.6 Å². The van der Waals surface area contributed by atoms with E-state index in [0.29, 0.717) is 23.8 Å². The summed E-state index contributed by atoms with van der Waals surface area (Å²) in [5.41, 5.74) is 8.06. The predicted octanol–water partition coefficient (Wildman–Crippen LogP) is 0.966. The van der Waals surface area contributed by atoms with E-state index in [1.165, 1.54) is 0 Å². The van der Waals surface area contributed by atoms with Crippen molar-refractivity contribution in [2.45, 2.75) is 19.4 Å². The van der Waals surface area contributed by atoms with E-state index >= 15 is 0 Å². The molecule has 0 bridgehead atoms. The van der Waals surface area contributed by atoms with E-state index in [1.807, 2.05) is 30.5 Å². The number of nitrogens with one attached hydrogen (secondary N) is 2. The van der Waals surface area contributed by atoms with Gasteiger partial charge in [0, 0.05) is 24.7 Å². The molecule has 0 saturated carbocycles. The zero-order chi connectivity index (χ0) is 16.2. The van der Waals surface area contributed by atoms with E-state index in [0.717, 1.165) is 36.3 Å². The summed E-state index contributed by atoms with van der Waals surface area (Å²) < 4.78 is 1.56. The van der Waals surface area contributed by atoms with Gasteiger partial charge in [0.15, 0.2) is 0 Å². The molecule has 120 valence electrons. The fourth-order valence-corrected chi connectivity index (χ4v) is 2.75. The fourth-order valence-electron chi connectivity index (χ4n) is 2.50. The third-order valence-corrected chi connectivity index (χ3v) is 3.96. The predicted molar refractivity (Wildman–Crippen MR) is 95.1 cm³/mol. The molecule has 0 unspecified atom stereocenters. The van der Waals surface area contributed by atoms with Gasteiger partial charge in [-0.1, -0.05) is 24.4 Å². The Morgan fingerprint density at radius 2 is 2.13 bits per heavy atom. The summed E-state index contributed by atoms with van der Waals surface area (Å²) in [4.78, 5) is 16.9. The molecule has 0 radical (unpaired) electrons. The Morgan fingerprint density at radius 3 is 2.87 bits per heavy atom. The molecule has 4 N–H and O–H groups in total. The first-order valence-electron chi connectivity index (χ1n) is 7.60. The number of hydrogen-bond acceptors (Lipinski definition) is 5. The molecular weight excluding hydrogens is 310 g/mol. The highest BCUT2D eigenvalue weighted by atomic mass is 32.1. The number of rotatable bonds is 6. The lowest BCUT2D eigenvalue weighted by Gasteiger charge is -2.09. The van der Waals surface area contributed by atoms with Crippen molar-refractivity contribution in [3.05, 3.63) is 52.1 Å². The molecular formula is C16H19N5OS. The van der Waals surface area contributed by atoms with Crippen molar-refractivity contribution in [1.29, 1.82) is 0 Å². The number of nitrogens with zero attached hydrogens (tertiary/aromatic N) is 2. The Morgan fingerprint density at radius 1 is 1.35 bits per heavy atom. The van der Waals surface area contributed by atoms with Crippen molar-refractivity contribution in [1.82, 2.24) is 14.9 Å². The molecule has 6 nitrogen and oxygen atoms in total. The normalized spacial score (nSPS) is 13.0. The zero-order valence-corrected chi connectivity index (χ0v) is 13.5. The first-order chi connectivity index (χ1) is 11.2. The molecule has 0 atom stereocenters. The van der Waals surface area contributed by atoms with Gasteiger partial charge in [-0.3, -0.25) is 4.57 Å². The second-order valence-corrected chi connectivity index (χ2v) is 5.97. The first kappa shape index (κ1) is 15.8. The van der Waals surface area contributed by atoms with Gasteiger partial charge in [0.2, 0.25) is 0 Å². The van der Waals surface area contributed by atoms with Crippen LogP contribution in [-0.4, -0.2) is 27.6 Å². The fraction of sp³-hybridized carbons (Fsp3) is 0.312. The number of anilines is 1. The average molecular weight is 329 g/mol. The van der Waals surface area contributed by atoms with Gasteiger partial charge in [0.25, 0.3) is 0 Å². The van der Waals surface area contributed by atoms with E-state index in [9.17, 15) is 4.79 Å². The summed E-state index contributed by atoms with van der Waals surface area (Å²) in [5.74, 6) is 0.581. The summed E-state index contributed by atoms with van der Waals surface area (Å²) >= 11 is 5.13. The number of hydrogen-bond donors (Lipinski definition) is 3. The third kappa shape index (κ3) is 3.64. The minimum Gasteiger partial charge on any atom is -0.334 e. The van der Waals surface area contributed by atoms with Crippen LogP contribution in [0.25, 0.3) is 5.69 Å². The topological polar surface area (TPSA) is 85.0 Å². The number of aromatic nitrogens is 2. The summed E-state index contributed by atoms with van der Waals surface area (Å²) in [6.07, 6.45) is 3.40. The van der Waals surface area contributed by atoms with Crippen LogP contribution in [0.2, 0.25) is 0 Å². The quantitative estimate of drug-likeness (QED) is 0.541. The summed E-state index contributed by atoms with van der Waals surface area (Å²) in [5, 5.41) is 6.28. The number of fused-ring (bicyclic) bond motifs is 1. The monoisotopic (exact) mass is 329 g/mol. The molecule has 1 aromatic heterocycles. The Bertz CT molecular complexity index is 769.